The second-order valence-corrected chi connectivity index (χ2v) is 5.76. The third kappa shape index (κ3) is 2.88. The molecule has 0 saturated heterocycles. The number of anilines is 1. The lowest BCUT2D eigenvalue weighted by Crippen LogP contribution is -2.37. The Morgan fingerprint density at radius 1 is 1.23 bits per heavy atom. The third-order valence-corrected chi connectivity index (χ3v) is 4.13. The van der Waals surface area contributed by atoms with Crippen LogP contribution in [0.4, 0.5) is 5.69 Å². The molecule has 0 saturated carbocycles. The molecule has 1 amide bonds. The molecule has 0 aromatic heterocycles. The van der Waals surface area contributed by atoms with Crippen molar-refractivity contribution in [3.63, 3.8) is 0 Å². The lowest BCUT2D eigenvalue weighted by molar-refractivity contribution is -0.118. The first-order valence-electron chi connectivity index (χ1n) is 7.15. The van der Waals surface area contributed by atoms with Gasteiger partial charge in [0.1, 0.15) is 6.04 Å². The molecule has 2 aromatic carbocycles. The number of hydrogen-bond acceptors (Lipinski definition) is 3. The van der Waals surface area contributed by atoms with Crippen LogP contribution in [0.15, 0.2) is 53.7 Å². The molecule has 4 nitrogen and oxygen atoms in total. The van der Waals surface area contributed by atoms with Crippen LogP contribution in [0.3, 0.4) is 0 Å². The van der Waals surface area contributed by atoms with Crippen molar-refractivity contribution in [2.75, 3.05) is 11.4 Å². The Morgan fingerprint density at radius 2 is 2.00 bits per heavy atom. The van der Waals surface area contributed by atoms with Crippen LogP contribution in [0.2, 0.25) is 5.02 Å². The highest BCUT2D eigenvalue weighted by molar-refractivity contribution is 6.30. The summed E-state index contributed by atoms with van der Waals surface area (Å²) in [5.41, 5.74) is 2.44. The number of amides is 1. The zero-order valence-electron chi connectivity index (χ0n) is 11.9. The monoisotopic (exact) mass is 314 g/mol. The molecule has 112 valence electrons. The summed E-state index contributed by atoms with van der Waals surface area (Å²) in [5, 5.41) is 3.71. The van der Waals surface area contributed by atoms with Crippen LogP contribution < -0.4 is 4.90 Å². The van der Waals surface area contributed by atoms with Crippen molar-refractivity contribution in [3.05, 3.63) is 69.6 Å². The average Bonchev–Trinajstić information content (AvgIpc) is 2.54. The second kappa shape index (κ2) is 6.28. The van der Waals surface area contributed by atoms with E-state index >= 15 is 0 Å². The molecule has 0 spiro atoms. The number of carbonyl (C=O) groups excluding carboxylic acids is 1. The molecule has 1 aliphatic heterocycles. The van der Waals surface area contributed by atoms with Crippen LogP contribution in [-0.2, 0) is 11.2 Å². The largest absolute Gasteiger partial charge is 0.312 e. The molecule has 0 N–H and O–H groups in total. The number of hydrogen-bond donors (Lipinski definition) is 0. The minimum absolute atomic E-state index is 0.0131. The number of nitrogens with zero attached hydrogens (tertiary/aromatic N) is 2. The van der Waals surface area contributed by atoms with Gasteiger partial charge in [0.05, 0.1) is 6.42 Å². The van der Waals surface area contributed by atoms with Gasteiger partial charge in [0, 0.05) is 22.8 Å². The number of nitroso groups, excluding NO2 is 1. The Labute approximate surface area is 133 Å². The minimum atomic E-state index is -0.436. The van der Waals surface area contributed by atoms with Gasteiger partial charge < -0.3 is 4.90 Å². The summed E-state index contributed by atoms with van der Waals surface area (Å²) in [5.74, 6) is 0.0131. The van der Waals surface area contributed by atoms with Crippen LogP contribution in [0.1, 0.15) is 23.6 Å². The Balaban J connectivity index is 1.89. The first kappa shape index (κ1) is 14.7. The average molecular weight is 315 g/mol. The van der Waals surface area contributed by atoms with Gasteiger partial charge in [-0.15, -0.1) is 0 Å². The van der Waals surface area contributed by atoms with Gasteiger partial charge in [-0.2, -0.15) is 4.91 Å². The maximum atomic E-state index is 12.6. The van der Waals surface area contributed by atoms with E-state index < -0.39 is 6.04 Å². The van der Waals surface area contributed by atoms with E-state index in [4.69, 9.17) is 11.6 Å². The number of carbonyl (C=O) groups is 1. The van der Waals surface area contributed by atoms with Gasteiger partial charge in [-0.25, -0.2) is 0 Å². The number of benzene rings is 2. The van der Waals surface area contributed by atoms with Gasteiger partial charge >= 0.3 is 0 Å². The fourth-order valence-electron chi connectivity index (χ4n) is 2.80. The van der Waals surface area contributed by atoms with Crippen LogP contribution in [-0.4, -0.2) is 12.5 Å². The van der Waals surface area contributed by atoms with Gasteiger partial charge in [-0.1, -0.05) is 47.1 Å². The zero-order chi connectivity index (χ0) is 15.5. The standard InChI is InChI=1S/C17H15ClN2O2/c18-13-6-7-16-14(11-13)15(19-22)8-9-20(16)17(21)10-12-4-2-1-3-5-12/h1-7,11,15H,8-10H2. The summed E-state index contributed by atoms with van der Waals surface area (Å²) in [6.45, 7) is 0.497. The molecule has 1 unspecified atom stereocenters. The summed E-state index contributed by atoms with van der Waals surface area (Å²) in [6, 6.07) is 14.4. The van der Waals surface area contributed by atoms with Crippen LogP contribution in [0.25, 0.3) is 0 Å². The van der Waals surface area contributed by atoms with E-state index in [2.05, 4.69) is 5.18 Å². The van der Waals surface area contributed by atoms with Crippen molar-refractivity contribution in [3.8, 4) is 0 Å². The maximum Gasteiger partial charge on any atom is 0.231 e. The number of fused-ring (bicyclic) bond motifs is 1. The summed E-state index contributed by atoms with van der Waals surface area (Å²) in [7, 11) is 0. The second-order valence-electron chi connectivity index (χ2n) is 5.32. The van der Waals surface area contributed by atoms with Crippen molar-refractivity contribution < 1.29 is 4.79 Å². The Kier molecular flexibility index (Phi) is 4.20. The first-order chi connectivity index (χ1) is 10.7. The molecular formula is C17H15ClN2O2. The van der Waals surface area contributed by atoms with E-state index in [1.165, 1.54) is 0 Å². The highest BCUT2D eigenvalue weighted by Gasteiger charge is 2.29. The smallest absolute Gasteiger partial charge is 0.231 e. The van der Waals surface area contributed by atoms with Crippen molar-refractivity contribution in [2.24, 2.45) is 5.18 Å². The predicted octanol–water partition coefficient (Wildman–Crippen LogP) is 4.13. The van der Waals surface area contributed by atoms with E-state index in [0.29, 0.717) is 24.4 Å². The van der Waals surface area contributed by atoms with Crippen LogP contribution >= 0.6 is 11.6 Å². The summed E-state index contributed by atoms with van der Waals surface area (Å²) < 4.78 is 0. The molecule has 5 heteroatoms. The number of halogens is 1. The fourth-order valence-corrected chi connectivity index (χ4v) is 2.98. The number of rotatable bonds is 3. The highest BCUT2D eigenvalue weighted by atomic mass is 35.5. The van der Waals surface area contributed by atoms with Gasteiger partial charge in [0.2, 0.25) is 5.91 Å². The Bertz CT molecular complexity index is 703. The lowest BCUT2D eigenvalue weighted by Gasteiger charge is -2.32. The van der Waals surface area contributed by atoms with Gasteiger partial charge in [-0.3, -0.25) is 4.79 Å². The molecule has 1 heterocycles. The molecule has 0 fully saturated rings. The molecule has 0 bridgehead atoms. The highest BCUT2D eigenvalue weighted by Crippen LogP contribution is 2.37. The third-order valence-electron chi connectivity index (χ3n) is 3.89. The van der Waals surface area contributed by atoms with Gasteiger partial charge in [0.25, 0.3) is 0 Å². The first-order valence-corrected chi connectivity index (χ1v) is 7.53. The topological polar surface area (TPSA) is 49.7 Å². The fraction of sp³-hybridized carbons (Fsp3) is 0.235. The maximum absolute atomic E-state index is 12.6. The molecular weight excluding hydrogens is 300 g/mol. The van der Waals surface area contributed by atoms with Crippen molar-refractivity contribution in [2.45, 2.75) is 18.9 Å². The summed E-state index contributed by atoms with van der Waals surface area (Å²) >= 11 is 6.01. The van der Waals surface area contributed by atoms with Crippen LogP contribution in [0, 0.1) is 4.91 Å². The molecule has 0 aliphatic carbocycles. The van der Waals surface area contributed by atoms with Crippen LogP contribution in [0.5, 0.6) is 0 Å². The van der Waals surface area contributed by atoms with E-state index in [1.54, 1.807) is 23.1 Å². The van der Waals surface area contributed by atoms with E-state index in [0.717, 1.165) is 16.8 Å². The lowest BCUT2D eigenvalue weighted by atomic mass is 9.96. The molecule has 22 heavy (non-hydrogen) atoms. The Morgan fingerprint density at radius 3 is 2.73 bits per heavy atom. The normalized spacial score (nSPS) is 17.0. The minimum Gasteiger partial charge on any atom is -0.312 e. The summed E-state index contributed by atoms with van der Waals surface area (Å²) in [4.78, 5) is 25.3. The van der Waals surface area contributed by atoms with E-state index in [9.17, 15) is 9.70 Å². The van der Waals surface area contributed by atoms with Crippen molar-refractivity contribution in [1.29, 1.82) is 0 Å². The van der Waals surface area contributed by atoms with Crippen molar-refractivity contribution in [1.82, 2.24) is 0 Å². The van der Waals surface area contributed by atoms with E-state index in [-0.39, 0.29) is 5.91 Å². The Hall–Kier alpha value is -2.20. The van der Waals surface area contributed by atoms with Gasteiger partial charge in [-0.05, 0) is 30.2 Å². The molecule has 3 rings (SSSR count). The zero-order valence-corrected chi connectivity index (χ0v) is 12.7. The summed E-state index contributed by atoms with van der Waals surface area (Å²) in [6.07, 6.45) is 0.861. The predicted molar refractivity (Wildman–Crippen MR) is 87.1 cm³/mol. The molecule has 1 atom stereocenters. The van der Waals surface area contributed by atoms with Gasteiger partial charge in [0.15, 0.2) is 0 Å². The quantitative estimate of drug-likeness (QED) is 0.800. The SMILES string of the molecule is O=NC1CCN(C(=O)Cc2ccccc2)c2ccc(Cl)cc21. The van der Waals surface area contributed by atoms with Crippen molar-refractivity contribution >= 4 is 23.2 Å². The molecule has 1 aliphatic rings. The van der Waals surface area contributed by atoms with E-state index in [1.807, 2.05) is 30.3 Å². The molecule has 2 aromatic rings. The molecule has 0 radical (unpaired) electrons.